The molecular formula is C12H17N2O3S2+. The van der Waals surface area contributed by atoms with Crippen molar-refractivity contribution in [3.63, 3.8) is 0 Å². The molecule has 2 rings (SSSR count). The standard InChI is InChI=1S/C12H16N2O3S2/c1-12(6-7-19(16,17)8-12)14-11(18)13-9-2-4-10(15)5-3-9/h2-5H,6-8H2,1H3,(H3-,13,14,15,16,17,18)/p+1/t12-/m1/s1. The van der Waals surface area contributed by atoms with E-state index in [2.05, 4.69) is 10.6 Å². The van der Waals surface area contributed by atoms with Gasteiger partial charge in [0.1, 0.15) is 11.5 Å². The van der Waals surface area contributed by atoms with Crippen molar-refractivity contribution in [3.05, 3.63) is 24.3 Å². The zero-order chi connectivity index (χ0) is 14.1. The predicted molar refractivity (Wildman–Crippen MR) is 80.9 cm³/mol. The first-order chi connectivity index (χ1) is 8.78. The maximum atomic E-state index is 11.6. The van der Waals surface area contributed by atoms with Crippen LogP contribution in [0.2, 0.25) is 0 Å². The third-order valence-corrected chi connectivity index (χ3v) is 5.19. The molecule has 1 aliphatic rings. The van der Waals surface area contributed by atoms with Gasteiger partial charge >= 0.3 is 0 Å². The molecule has 104 valence electrons. The number of hydrogen-bond donors (Lipinski definition) is 4. The van der Waals surface area contributed by atoms with Crippen LogP contribution in [0.15, 0.2) is 24.3 Å². The predicted octanol–water partition coefficient (Wildman–Crippen LogP) is 1.81. The fraction of sp³-hybridized carbons (Fsp3) is 0.417. The first kappa shape index (κ1) is 14.2. The average molecular weight is 301 g/mol. The number of phenolic OH excluding ortho intramolecular Hbond substituents is 1. The molecule has 1 saturated heterocycles. The van der Waals surface area contributed by atoms with E-state index in [-0.39, 0.29) is 11.5 Å². The van der Waals surface area contributed by atoms with Gasteiger partial charge in [0.2, 0.25) is 10.2 Å². The molecular weight excluding hydrogens is 284 g/mol. The number of phenols is 1. The minimum absolute atomic E-state index is 0.187. The van der Waals surface area contributed by atoms with E-state index < -0.39 is 15.8 Å². The summed E-state index contributed by atoms with van der Waals surface area (Å²) in [4.78, 5) is 0. The Morgan fingerprint density at radius 2 is 2.05 bits per heavy atom. The lowest BCUT2D eigenvalue weighted by atomic mass is 10.0. The van der Waals surface area contributed by atoms with Gasteiger partial charge in [0, 0.05) is 12.1 Å². The van der Waals surface area contributed by atoms with Gasteiger partial charge in [0.25, 0.3) is 0 Å². The number of aromatic hydroxyl groups is 1. The first-order valence-electron chi connectivity index (χ1n) is 5.88. The van der Waals surface area contributed by atoms with E-state index in [9.17, 15) is 13.9 Å². The normalized spacial score (nSPS) is 30.0. The highest BCUT2D eigenvalue weighted by Crippen LogP contribution is 2.26. The van der Waals surface area contributed by atoms with Crippen LogP contribution in [0, 0.1) is 0 Å². The van der Waals surface area contributed by atoms with Crippen molar-refractivity contribution in [3.8, 4) is 5.75 Å². The molecule has 0 bridgehead atoms. The van der Waals surface area contributed by atoms with E-state index in [4.69, 9.17) is 12.2 Å². The maximum Gasteiger partial charge on any atom is 0.216 e. The second-order valence-electron chi connectivity index (χ2n) is 5.06. The summed E-state index contributed by atoms with van der Waals surface area (Å²) < 4.78 is 21.2. The molecule has 4 N–H and O–H groups in total. The van der Waals surface area contributed by atoms with Crippen molar-refractivity contribution >= 4 is 33.2 Å². The SMILES string of the molecule is C[C@@]1(NC(=S)Nc2ccc(O)cc2)CC[S+](=O)(O)C1. The summed E-state index contributed by atoms with van der Waals surface area (Å²) >= 11 is 5.19. The van der Waals surface area contributed by atoms with Gasteiger partial charge < -0.3 is 15.7 Å². The molecule has 1 fully saturated rings. The molecule has 0 saturated carbocycles. The number of benzene rings is 1. The van der Waals surface area contributed by atoms with Gasteiger partial charge in [-0.3, -0.25) is 0 Å². The van der Waals surface area contributed by atoms with Crippen molar-refractivity contribution < 1.29 is 13.9 Å². The number of thiocarbonyl (C=S) groups is 1. The smallest absolute Gasteiger partial charge is 0.216 e. The van der Waals surface area contributed by atoms with E-state index in [1.807, 2.05) is 6.92 Å². The highest BCUT2D eigenvalue weighted by Gasteiger charge is 2.47. The van der Waals surface area contributed by atoms with E-state index in [0.29, 0.717) is 17.3 Å². The zero-order valence-corrected chi connectivity index (χ0v) is 12.2. The fourth-order valence-electron chi connectivity index (χ4n) is 2.11. The summed E-state index contributed by atoms with van der Waals surface area (Å²) in [5.41, 5.74) is 0.300. The van der Waals surface area contributed by atoms with Crippen LogP contribution in [0.5, 0.6) is 5.75 Å². The molecule has 1 aliphatic heterocycles. The summed E-state index contributed by atoms with van der Waals surface area (Å²) in [7, 11) is -2.71. The van der Waals surface area contributed by atoms with Crippen molar-refractivity contribution in [1.29, 1.82) is 0 Å². The van der Waals surface area contributed by atoms with Crippen LogP contribution in [0.4, 0.5) is 5.69 Å². The van der Waals surface area contributed by atoms with Crippen LogP contribution < -0.4 is 10.6 Å². The molecule has 5 nitrogen and oxygen atoms in total. The van der Waals surface area contributed by atoms with Crippen LogP contribution in [0.1, 0.15) is 13.3 Å². The molecule has 1 heterocycles. The Morgan fingerprint density at radius 3 is 2.58 bits per heavy atom. The quantitative estimate of drug-likeness (QED) is 0.379. The Labute approximate surface area is 118 Å². The molecule has 1 unspecified atom stereocenters. The molecule has 7 heteroatoms. The second-order valence-corrected chi connectivity index (χ2v) is 7.71. The van der Waals surface area contributed by atoms with Crippen molar-refractivity contribution in [2.45, 2.75) is 18.9 Å². The van der Waals surface area contributed by atoms with Crippen LogP contribution in [-0.2, 0) is 14.4 Å². The van der Waals surface area contributed by atoms with Gasteiger partial charge in [0.15, 0.2) is 10.9 Å². The molecule has 0 radical (unpaired) electrons. The molecule has 0 spiro atoms. The molecule has 2 atom stereocenters. The Morgan fingerprint density at radius 1 is 1.42 bits per heavy atom. The van der Waals surface area contributed by atoms with Gasteiger partial charge in [-0.25, -0.2) is 0 Å². The van der Waals surface area contributed by atoms with Crippen molar-refractivity contribution in [2.24, 2.45) is 0 Å². The van der Waals surface area contributed by atoms with E-state index >= 15 is 0 Å². The number of rotatable bonds is 2. The Balaban J connectivity index is 1.95. The highest BCUT2D eigenvalue weighted by atomic mass is 32.3. The molecule has 1 aromatic rings. The van der Waals surface area contributed by atoms with E-state index in [1.54, 1.807) is 24.3 Å². The monoisotopic (exact) mass is 301 g/mol. The summed E-state index contributed by atoms with van der Waals surface area (Å²) in [5.74, 6) is 0.697. The molecule has 0 aliphatic carbocycles. The van der Waals surface area contributed by atoms with Crippen molar-refractivity contribution in [1.82, 2.24) is 5.32 Å². The number of hydrogen-bond acceptors (Lipinski definition) is 3. The summed E-state index contributed by atoms with van der Waals surface area (Å²) in [6.45, 7) is 1.89. The molecule has 19 heavy (non-hydrogen) atoms. The van der Waals surface area contributed by atoms with Gasteiger partial charge in [-0.2, -0.15) is 4.55 Å². The van der Waals surface area contributed by atoms with Crippen LogP contribution in [0.3, 0.4) is 0 Å². The van der Waals surface area contributed by atoms with Gasteiger partial charge in [-0.1, -0.05) is 4.21 Å². The lowest BCUT2D eigenvalue weighted by molar-refractivity contribution is 0.466. The Kier molecular flexibility index (Phi) is 3.80. The van der Waals surface area contributed by atoms with Crippen molar-refractivity contribution in [2.75, 3.05) is 16.8 Å². The third-order valence-electron chi connectivity index (χ3n) is 3.06. The van der Waals surface area contributed by atoms with Gasteiger partial charge in [0.05, 0.1) is 5.54 Å². The van der Waals surface area contributed by atoms with Crippen LogP contribution in [0.25, 0.3) is 0 Å². The second kappa shape index (κ2) is 5.07. The maximum absolute atomic E-state index is 11.6. The van der Waals surface area contributed by atoms with Gasteiger partial charge in [-0.05, 0) is 43.4 Å². The average Bonchev–Trinajstić information content (AvgIpc) is 2.56. The number of anilines is 1. The minimum Gasteiger partial charge on any atom is -0.508 e. The molecule has 0 aromatic heterocycles. The first-order valence-corrected chi connectivity index (χ1v) is 8.14. The Bertz CT molecular complexity index is 532. The lowest BCUT2D eigenvalue weighted by Crippen LogP contribution is -2.48. The number of nitrogens with one attached hydrogen (secondary N) is 2. The lowest BCUT2D eigenvalue weighted by Gasteiger charge is -2.23. The summed E-state index contributed by atoms with van der Waals surface area (Å²) in [5, 5.41) is 15.7. The van der Waals surface area contributed by atoms with Gasteiger partial charge in [-0.15, -0.1) is 0 Å². The summed E-state index contributed by atoms with van der Waals surface area (Å²) in [6.07, 6.45) is 0.611. The Hall–Kier alpha value is -1.18. The largest absolute Gasteiger partial charge is 0.508 e. The van der Waals surface area contributed by atoms with E-state index in [1.165, 1.54) is 0 Å². The zero-order valence-electron chi connectivity index (χ0n) is 10.5. The third kappa shape index (κ3) is 3.89. The minimum atomic E-state index is -2.71. The summed E-state index contributed by atoms with van der Waals surface area (Å²) in [6, 6.07) is 6.52. The van der Waals surface area contributed by atoms with E-state index in [0.717, 1.165) is 5.69 Å². The van der Waals surface area contributed by atoms with Crippen LogP contribution in [-0.4, -0.2) is 31.8 Å². The highest BCUT2D eigenvalue weighted by molar-refractivity contribution is 7.98. The van der Waals surface area contributed by atoms with Crippen LogP contribution >= 0.6 is 12.2 Å². The molecule has 0 amide bonds. The fourth-order valence-corrected chi connectivity index (χ4v) is 4.60. The molecule has 1 aromatic carbocycles. The topological polar surface area (TPSA) is 81.6 Å².